The maximum Gasteiger partial charge on any atom is 0.297 e. The van der Waals surface area contributed by atoms with Gasteiger partial charge < -0.3 is 18.9 Å². The minimum Gasteiger partial charge on any atom is -0.379 e. The van der Waals surface area contributed by atoms with E-state index in [2.05, 4.69) is 6.92 Å². The maximum absolute atomic E-state index is 11.9. The van der Waals surface area contributed by atoms with Gasteiger partial charge in [0.25, 0.3) is 10.1 Å². The van der Waals surface area contributed by atoms with Crippen LogP contribution in [0.2, 0.25) is 0 Å². The Morgan fingerprint density at radius 1 is 0.643 bits per heavy atom. The zero-order valence-corrected chi connectivity index (χ0v) is 17.7. The van der Waals surface area contributed by atoms with Crippen molar-refractivity contribution in [3.05, 3.63) is 30.3 Å². The number of hydrogen-bond acceptors (Lipinski definition) is 7. The molecule has 0 unspecified atom stereocenters. The first-order valence-electron chi connectivity index (χ1n) is 9.92. The molecule has 1 rings (SSSR count). The van der Waals surface area contributed by atoms with Crippen molar-refractivity contribution in [1.29, 1.82) is 0 Å². The first kappa shape index (κ1) is 25.0. The molecule has 0 atom stereocenters. The molecule has 0 spiro atoms. The fourth-order valence-electron chi connectivity index (χ4n) is 2.25. The predicted molar refractivity (Wildman–Crippen MR) is 107 cm³/mol. The topological polar surface area (TPSA) is 80.3 Å². The average molecular weight is 419 g/mol. The number of benzene rings is 1. The molecular weight excluding hydrogens is 384 g/mol. The van der Waals surface area contributed by atoms with Gasteiger partial charge >= 0.3 is 0 Å². The van der Waals surface area contributed by atoms with Crippen molar-refractivity contribution in [2.45, 2.75) is 37.5 Å². The molecule has 0 radical (unpaired) electrons. The molecular formula is C20H34O7S. The van der Waals surface area contributed by atoms with Crippen molar-refractivity contribution in [3.8, 4) is 0 Å². The van der Waals surface area contributed by atoms with Crippen LogP contribution in [0, 0.1) is 0 Å². The maximum atomic E-state index is 11.9. The van der Waals surface area contributed by atoms with Crippen molar-refractivity contribution < 1.29 is 31.5 Å². The Hall–Kier alpha value is -1.03. The lowest BCUT2D eigenvalue weighted by atomic mass is 10.2. The van der Waals surface area contributed by atoms with E-state index in [1.807, 2.05) is 0 Å². The van der Waals surface area contributed by atoms with Crippen LogP contribution in [-0.4, -0.2) is 67.9 Å². The van der Waals surface area contributed by atoms with E-state index in [9.17, 15) is 8.42 Å². The summed E-state index contributed by atoms with van der Waals surface area (Å²) in [6.45, 7) is 6.11. The number of ether oxygens (including phenoxy) is 4. The molecule has 28 heavy (non-hydrogen) atoms. The molecule has 0 aliphatic carbocycles. The van der Waals surface area contributed by atoms with E-state index >= 15 is 0 Å². The summed E-state index contributed by atoms with van der Waals surface area (Å²) in [7, 11) is -3.72. The van der Waals surface area contributed by atoms with Crippen molar-refractivity contribution in [2.24, 2.45) is 0 Å². The van der Waals surface area contributed by atoms with Gasteiger partial charge in [0.05, 0.1) is 57.8 Å². The first-order chi connectivity index (χ1) is 13.7. The molecule has 0 saturated heterocycles. The molecule has 0 fully saturated rings. The van der Waals surface area contributed by atoms with Crippen LogP contribution in [0.3, 0.4) is 0 Å². The largest absolute Gasteiger partial charge is 0.379 e. The summed E-state index contributed by atoms with van der Waals surface area (Å²) in [5.41, 5.74) is 0. The summed E-state index contributed by atoms with van der Waals surface area (Å²) in [4.78, 5) is 0.139. The van der Waals surface area contributed by atoms with Crippen LogP contribution in [-0.2, 0) is 33.2 Å². The third-order valence-electron chi connectivity index (χ3n) is 3.76. The van der Waals surface area contributed by atoms with E-state index in [-0.39, 0.29) is 18.1 Å². The van der Waals surface area contributed by atoms with Crippen molar-refractivity contribution in [1.82, 2.24) is 0 Å². The summed E-state index contributed by atoms with van der Waals surface area (Å²) in [6.07, 6.45) is 4.83. The highest BCUT2D eigenvalue weighted by Crippen LogP contribution is 2.10. The summed E-state index contributed by atoms with van der Waals surface area (Å²) in [5, 5.41) is 0. The van der Waals surface area contributed by atoms with Crippen LogP contribution in [0.4, 0.5) is 0 Å². The van der Waals surface area contributed by atoms with Gasteiger partial charge in [0.2, 0.25) is 0 Å². The van der Waals surface area contributed by atoms with Gasteiger partial charge in [-0.25, -0.2) is 0 Å². The lowest BCUT2D eigenvalue weighted by Gasteiger charge is -2.08. The molecule has 0 heterocycles. The van der Waals surface area contributed by atoms with Crippen LogP contribution >= 0.6 is 0 Å². The zero-order chi connectivity index (χ0) is 20.3. The molecule has 162 valence electrons. The Kier molecular flexibility index (Phi) is 15.1. The molecule has 8 heteroatoms. The van der Waals surface area contributed by atoms with Gasteiger partial charge in [-0.15, -0.1) is 0 Å². The lowest BCUT2D eigenvalue weighted by molar-refractivity contribution is -0.00468. The molecule has 0 bridgehead atoms. The van der Waals surface area contributed by atoms with E-state index < -0.39 is 10.1 Å². The fraction of sp³-hybridized carbons (Fsp3) is 0.700. The SMILES string of the molecule is CCCCCCOCCOCCOCCOCCOS(=O)(=O)c1ccccc1. The van der Waals surface area contributed by atoms with Crippen molar-refractivity contribution in [2.75, 3.05) is 59.5 Å². The van der Waals surface area contributed by atoms with Crippen LogP contribution in [0.25, 0.3) is 0 Å². The molecule has 0 saturated carbocycles. The number of hydrogen-bond donors (Lipinski definition) is 0. The minimum atomic E-state index is -3.72. The van der Waals surface area contributed by atoms with Crippen LogP contribution in [0.1, 0.15) is 32.6 Å². The van der Waals surface area contributed by atoms with Gasteiger partial charge in [-0.1, -0.05) is 44.4 Å². The molecule has 1 aromatic carbocycles. The standard InChI is InChI=1S/C20H34O7S/c1-2-3-4-8-11-23-12-13-24-14-15-25-16-17-26-18-19-27-28(21,22)20-9-6-5-7-10-20/h5-7,9-10H,2-4,8,11-19H2,1H3. The van der Waals surface area contributed by atoms with Crippen LogP contribution in [0.15, 0.2) is 35.2 Å². The summed E-state index contributed by atoms with van der Waals surface area (Å²) < 4.78 is 50.2. The van der Waals surface area contributed by atoms with Gasteiger partial charge in [0, 0.05) is 6.61 Å². The van der Waals surface area contributed by atoms with Crippen molar-refractivity contribution >= 4 is 10.1 Å². The number of rotatable bonds is 19. The third kappa shape index (κ3) is 13.2. The van der Waals surface area contributed by atoms with Gasteiger partial charge in [-0.3, -0.25) is 4.18 Å². The molecule has 7 nitrogen and oxygen atoms in total. The highest BCUT2D eigenvalue weighted by molar-refractivity contribution is 7.86. The van der Waals surface area contributed by atoms with Gasteiger partial charge in [0.1, 0.15) is 0 Å². The predicted octanol–water partition coefficient (Wildman–Crippen LogP) is 3.04. The van der Waals surface area contributed by atoms with Crippen molar-refractivity contribution in [3.63, 3.8) is 0 Å². The zero-order valence-electron chi connectivity index (χ0n) is 16.8. The van der Waals surface area contributed by atoms with Crippen LogP contribution in [0.5, 0.6) is 0 Å². The quantitative estimate of drug-likeness (QED) is 0.252. The van der Waals surface area contributed by atoms with E-state index in [1.165, 1.54) is 31.4 Å². The minimum absolute atomic E-state index is 0.0290. The van der Waals surface area contributed by atoms with E-state index in [0.29, 0.717) is 39.6 Å². The molecule has 0 aliphatic heterocycles. The summed E-state index contributed by atoms with van der Waals surface area (Å²) >= 11 is 0. The van der Waals surface area contributed by atoms with E-state index in [1.54, 1.807) is 18.2 Å². The Labute approximate surface area is 169 Å². The van der Waals surface area contributed by atoms with Gasteiger partial charge in [-0.2, -0.15) is 8.42 Å². The monoisotopic (exact) mass is 418 g/mol. The third-order valence-corrected chi connectivity index (χ3v) is 5.08. The van der Waals surface area contributed by atoms with E-state index in [4.69, 9.17) is 23.1 Å². The molecule has 0 aliphatic rings. The Morgan fingerprint density at radius 2 is 1.14 bits per heavy atom. The molecule has 0 N–H and O–H groups in total. The second kappa shape index (κ2) is 16.9. The van der Waals surface area contributed by atoms with E-state index in [0.717, 1.165) is 13.0 Å². The highest BCUT2D eigenvalue weighted by atomic mass is 32.2. The number of unbranched alkanes of at least 4 members (excludes halogenated alkanes) is 3. The fourth-order valence-corrected chi connectivity index (χ4v) is 3.16. The first-order valence-corrected chi connectivity index (χ1v) is 11.3. The molecule has 0 aromatic heterocycles. The second-order valence-corrected chi connectivity index (χ2v) is 7.71. The Bertz CT molecular complexity index is 563. The lowest BCUT2D eigenvalue weighted by Crippen LogP contribution is -2.15. The van der Waals surface area contributed by atoms with Crippen LogP contribution < -0.4 is 0 Å². The van der Waals surface area contributed by atoms with Gasteiger partial charge in [0.15, 0.2) is 0 Å². The molecule has 1 aromatic rings. The highest BCUT2D eigenvalue weighted by Gasteiger charge is 2.13. The smallest absolute Gasteiger partial charge is 0.297 e. The summed E-state index contributed by atoms with van der Waals surface area (Å²) in [6, 6.07) is 8.03. The van der Waals surface area contributed by atoms with Gasteiger partial charge in [-0.05, 0) is 18.6 Å². The Morgan fingerprint density at radius 3 is 1.68 bits per heavy atom. The summed E-state index contributed by atoms with van der Waals surface area (Å²) in [5.74, 6) is 0. The normalized spacial score (nSPS) is 11.8. The average Bonchev–Trinajstić information content (AvgIpc) is 2.71. The second-order valence-electron chi connectivity index (χ2n) is 6.10. The molecule has 0 amide bonds. The Balaban J connectivity index is 1.82.